The van der Waals surface area contributed by atoms with Crippen LogP contribution in [0.3, 0.4) is 0 Å². The molecule has 1 aliphatic carbocycles. The van der Waals surface area contributed by atoms with Gasteiger partial charge in [-0.25, -0.2) is 4.79 Å². The van der Waals surface area contributed by atoms with Gasteiger partial charge in [-0.3, -0.25) is 9.78 Å². The summed E-state index contributed by atoms with van der Waals surface area (Å²) in [6.45, 7) is 1.18. The zero-order chi connectivity index (χ0) is 14.7. The highest BCUT2D eigenvalue weighted by Gasteiger charge is 2.31. The lowest BCUT2D eigenvalue weighted by Gasteiger charge is -2.32. The van der Waals surface area contributed by atoms with E-state index < -0.39 is 0 Å². The van der Waals surface area contributed by atoms with Crippen LogP contribution in [-0.2, 0) is 4.79 Å². The lowest BCUT2D eigenvalue weighted by Crippen LogP contribution is -2.47. The molecule has 2 N–H and O–H groups in total. The number of anilines is 1. The van der Waals surface area contributed by atoms with E-state index in [2.05, 4.69) is 15.6 Å². The van der Waals surface area contributed by atoms with Gasteiger partial charge >= 0.3 is 6.03 Å². The van der Waals surface area contributed by atoms with Crippen LogP contribution >= 0.6 is 0 Å². The van der Waals surface area contributed by atoms with Crippen LogP contribution in [0.1, 0.15) is 25.7 Å². The summed E-state index contributed by atoms with van der Waals surface area (Å²) >= 11 is 0. The van der Waals surface area contributed by atoms with Crippen LogP contribution < -0.4 is 10.6 Å². The smallest absolute Gasteiger partial charge is 0.321 e. The number of hydrogen-bond acceptors (Lipinski definition) is 3. The van der Waals surface area contributed by atoms with E-state index in [4.69, 9.17) is 0 Å². The highest BCUT2D eigenvalue weighted by molar-refractivity contribution is 5.90. The van der Waals surface area contributed by atoms with Crippen molar-refractivity contribution in [2.24, 2.45) is 5.92 Å². The van der Waals surface area contributed by atoms with Crippen molar-refractivity contribution in [2.45, 2.75) is 31.7 Å². The van der Waals surface area contributed by atoms with Gasteiger partial charge in [0, 0.05) is 25.3 Å². The molecule has 112 valence electrons. The van der Waals surface area contributed by atoms with E-state index in [9.17, 15) is 9.59 Å². The zero-order valence-electron chi connectivity index (χ0n) is 11.9. The van der Waals surface area contributed by atoms with Crippen molar-refractivity contribution in [3.8, 4) is 0 Å². The molecule has 1 aromatic rings. The Hall–Kier alpha value is -2.11. The molecule has 21 heavy (non-hydrogen) atoms. The standard InChI is InChI=1S/C15H20N4O2/c20-14(17-12-5-6-12)11-3-2-8-19(10-11)15(21)18-13-4-1-7-16-9-13/h1,4,7,9,11-12H,2-3,5-6,8,10H2,(H,17,20)(H,18,21)/t11-/m0/s1. The van der Waals surface area contributed by atoms with Crippen LogP contribution in [0.2, 0.25) is 0 Å². The van der Waals surface area contributed by atoms with Crippen molar-refractivity contribution in [1.29, 1.82) is 0 Å². The lowest BCUT2D eigenvalue weighted by molar-refractivity contribution is -0.126. The van der Waals surface area contributed by atoms with Gasteiger partial charge in [0.2, 0.25) is 5.91 Å². The Kier molecular flexibility index (Phi) is 4.03. The molecule has 6 nitrogen and oxygen atoms in total. The van der Waals surface area contributed by atoms with Crippen molar-refractivity contribution in [2.75, 3.05) is 18.4 Å². The summed E-state index contributed by atoms with van der Waals surface area (Å²) in [6.07, 6.45) is 7.17. The normalized spacial score (nSPS) is 21.7. The minimum Gasteiger partial charge on any atom is -0.353 e. The van der Waals surface area contributed by atoms with E-state index >= 15 is 0 Å². The van der Waals surface area contributed by atoms with Gasteiger partial charge in [0.15, 0.2) is 0 Å². The fourth-order valence-electron chi connectivity index (χ4n) is 2.56. The number of rotatable bonds is 3. The van der Waals surface area contributed by atoms with Crippen molar-refractivity contribution in [3.63, 3.8) is 0 Å². The van der Waals surface area contributed by atoms with Crippen LogP contribution in [0.25, 0.3) is 0 Å². The first-order valence-corrected chi connectivity index (χ1v) is 7.49. The largest absolute Gasteiger partial charge is 0.353 e. The van der Waals surface area contributed by atoms with Gasteiger partial charge in [-0.05, 0) is 37.8 Å². The minimum atomic E-state index is -0.160. The third kappa shape index (κ3) is 3.71. The van der Waals surface area contributed by atoms with Gasteiger partial charge in [-0.2, -0.15) is 0 Å². The molecule has 2 heterocycles. The molecule has 0 spiro atoms. The van der Waals surface area contributed by atoms with Crippen LogP contribution in [0.5, 0.6) is 0 Å². The SMILES string of the molecule is O=C(NC1CC1)[C@H]1CCCN(C(=O)Nc2cccnc2)C1. The number of nitrogens with zero attached hydrogens (tertiary/aromatic N) is 2. The summed E-state index contributed by atoms with van der Waals surface area (Å²) in [5.74, 6) is 0.00961. The number of aromatic nitrogens is 1. The molecule has 0 aromatic carbocycles. The van der Waals surface area contributed by atoms with Crippen LogP contribution in [0.15, 0.2) is 24.5 Å². The molecular formula is C15H20N4O2. The number of piperidine rings is 1. The van der Waals surface area contributed by atoms with E-state index in [-0.39, 0.29) is 17.9 Å². The summed E-state index contributed by atoms with van der Waals surface area (Å²) in [4.78, 5) is 30.0. The second-order valence-electron chi connectivity index (χ2n) is 5.74. The quantitative estimate of drug-likeness (QED) is 0.887. The molecule has 6 heteroatoms. The number of carbonyl (C=O) groups excluding carboxylic acids is 2. The van der Waals surface area contributed by atoms with Crippen molar-refractivity contribution < 1.29 is 9.59 Å². The maximum absolute atomic E-state index is 12.2. The van der Waals surface area contributed by atoms with Gasteiger partial charge in [-0.1, -0.05) is 0 Å². The number of hydrogen-bond donors (Lipinski definition) is 2. The first-order valence-electron chi connectivity index (χ1n) is 7.49. The molecule has 1 saturated carbocycles. The molecule has 1 aromatic heterocycles. The lowest BCUT2D eigenvalue weighted by atomic mass is 9.97. The average molecular weight is 288 g/mol. The van der Waals surface area contributed by atoms with Crippen molar-refractivity contribution in [1.82, 2.24) is 15.2 Å². The fourth-order valence-corrected chi connectivity index (χ4v) is 2.56. The molecule has 1 atom stereocenters. The molecule has 0 bridgehead atoms. The van der Waals surface area contributed by atoms with E-state index in [0.717, 1.165) is 25.7 Å². The number of pyridine rings is 1. The van der Waals surface area contributed by atoms with Crippen molar-refractivity contribution >= 4 is 17.6 Å². The summed E-state index contributed by atoms with van der Waals surface area (Å²) in [5.41, 5.74) is 0.673. The van der Waals surface area contributed by atoms with Gasteiger partial charge in [0.05, 0.1) is 17.8 Å². The topological polar surface area (TPSA) is 74.3 Å². The first-order chi connectivity index (χ1) is 10.2. The molecule has 1 aliphatic heterocycles. The predicted molar refractivity (Wildman–Crippen MR) is 78.7 cm³/mol. The van der Waals surface area contributed by atoms with Crippen LogP contribution in [-0.4, -0.2) is 41.0 Å². The Morgan fingerprint density at radius 3 is 2.86 bits per heavy atom. The summed E-state index contributed by atoms with van der Waals surface area (Å²) < 4.78 is 0. The number of carbonyl (C=O) groups is 2. The number of nitrogens with one attached hydrogen (secondary N) is 2. The summed E-state index contributed by atoms with van der Waals surface area (Å²) in [7, 11) is 0. The van der Waals surface area contributed by atoms with E-state index in [1.165, 1.54) is 0 Å². The van der Waals surface area contributed by atoms with E-state index in [1.54, 1.807) is 29.4 Å². The highest BCUT2D eigenvalue weighted by Crippen LogP contribution is 2.22. The number of likely N-dealkylation sites (tertiary alicyclic amines) is 1. The Morgan fingerprint density at radius 2 is 2.14 bits per heavy atom. The Morgan fingerprint density at radius 1 is 1.29 bits per heavy atom. The molecular weight excluding hydrogens is 268 g/mol. The van der Waals surface area contributed by atoms with Crippen molar-refractivity contribution in [3.05, 3.63) is 24.5 Å². The third-order valence-corrected chi connectivity index (χ3v) is 3.92. The van der Waals surface area contributed by atoms with Gasteiger partial charge in [-0.15, -0.1) is 0 Å². The molecule has 2 fully saturated rings. The predicted octanol–water partition coefficient (Wildman–Crippen LogP) is 1.60. The van der Waals surface area contributed by atoms with Gasteiger partial charge in [0.25, 0.3) is 0 Å². The molecule has 0 radical (unpaired) electrons. The zero-order valence-corrected chi connectivity index (χ0v) is 11.9. The van der Waals surface area contributed by atoms with Gasteiger partial charge in [0.1, 0.15) is 0 Å². The Bertz CT molecular complexity index is 516. The average Bonchev–Trinajstić information content (AvgIpc) is 3.32. The minimum absolute atomic E-state index is 0.0843. The molecule has 3 amide bonds. The number of urea groups is 1. The maximum atomic E-state index is 12.2. The highest BCUT2D eigenvalue weighted by atomic mass is 16.2. The Balaban J connectivity index is 1.54. The van der Waals surface area contributed by atoms with Crippen LogP contribution in [0, 0.1) is 5.92 Å². The van der Waals surface area contributed by atoms with E-state index in [1.807, 2.05) is 0 Å². The molecule has 3 rings (SSSR count). The number of amides is 3. The second-order valence-corrected chi connectivity index (χ2v) is 5.74. The second kappa shape index (κ2) is 6.11. The summed E-state index contributed by atoms with van der Waals surface area (Å²) in [6, 6.07) is 3.79. The van der Waals surface area contributed by atoms with E-state index in [0.29, 0.717) is 24.8 Å². The summed E-state index contributed by atoms with van der Waals surface area (Å²) in [5, 5.41) is 5.84. The fraction of sp³-hybridized carbons (Fsp3) is 0.533. The first kappa shape index (κ1) is 13.9. The molecule has 1 saturated heterocycles. The molecule has 0 unspecified atom stereocenters. The molecule has 2 aliphatic rings. The Labute approximate surface area is 123 Å². The van der Waals surface area contributed by atoms with Crippen LogP contribution in [0.4, 0.5) is 10.5 Å². The van der Waals surface area contributed by atoms with Gasteiger partial charge < -0.3 is 15.5 Å². The monoisotopic (exact) mass is 288 g/mol. The third-order valence-electron chi connectivity index (χ3n) is 3.92. The maximum Gasteiger partial charge on any atom is 0.321 e.